The minimum atomic E-state index is 0.569. The Labute approximate surface area is 118 Å². The normalized spacial score (nSPS) is 10.9. The monoisotopic (exact) mass is 276 g/mol. The zero-order valence-electron chi connectivity index (χ0n) is 11.7. The van der Waals surface area contributed by atoms with Gasteiger partial charge in [-0.05, 0) is 26.0 Å². The molecular weight excluding hydrogens is 256 g/mol. The third-order valence-electron chi connectivity index (χ3n) is 3.19. The molecule has 0 aliphatic rings. The molecule has 2 aromatic rings. The van der Waals surface area contributed by atoms with Gasteiger partial charge in [0.15, 0.2) is 0 Å². The van der Waals surface area contributed by atoms with Crippen LogP contribution in [0.25, 0.3) is 10.2 Å². The number of fused-ring (bicyclic) bond motifs is 1. The number of hydrogen-bond donors (Lipinski definition) is 1. The van der Waals surface area contributed by atoms with Gasteiger partial charge in [0.25, 0.3) is 0 Å². The van der Waals surface area contributed by atoms with Gasteiger partial charge in [0, 0.05) is 24.9 Å². The van der Waals surface area contributed by atoms with E-state index in [1.807, 2.05) is 13.1 Å². The van der Waals surface area contributed by atoms with E-state index in [9.17, 15) is 0 Å². The summed E-state index contributed by atoms with van der Waals surface area (Å²) in [6.07, 6.45) is 2.59. The molecule has 0 spiro atoms. The Morgan fingerprint density at radius 2 is 2.11 bits per heavy atom. The lowest BCUT2D eigenvalue weighted by atomic mass is 10.2. The SMILES string of the molecule is C=CCN(C)c1nc(CCN)nc2sc(C)c(C)c12. The lowest BCUT2D eigenvalue weighted by Crippen LogP contribution is -2.20. The first kappa shape index (κ1) is 14.0. The fraction of sp³-hybridized carbons (Fsp3) is 0.429. The maximum atomic E-state index is 5.62. The Morgan fingerprint density at radius 1 is 1.37 bits per heavy atom. The van der Waals surface area contributed by atoms with E-state index in [1.54, 1.807) is 11.3 Å². The second-order valence-corrected chi connectivity index (χ2v) is 5.84. The first-order chi connectivity index (χ1) is 9.08. The first-order valence-electron chi connectivity index (χ1n) is 6.37. The Morgan fingerprint density at radius 3 is 2.74 bits per heavy atom. The molecule has 19 heavy (non-hydrogen) atoms. The van der Waals surface area contributed by atoms with E-state index in [1.165, 1.54) is 10.4 Å². The van der Waals surface area contributed by atoms with Crippen LogP contribution >= 0.6 is 11.3 Å². The average molecular weight is 276 g/mol. The summed E-state index contributed by atoms with van der Waals surface area (Å²) in [4.78, 5) is 13.8. The maximum Gasteiger partial charge on any atom is 0.141 e. The molecule has 2 heterocycles. The van der Waals surface area contributed by atoms with Crippen LogP contribution in [0, 0.1) is 13.8 Å². The number of rotatable bonds is 5. The van der Waals surface area contributed by atoms with Crippen LogP contribution in [0.4, 0.5) is 5.82 Å². The molecule has 0 fully saturated rings. The minimum Gasteiger partial charge on any atom is -0.355 e. The molecule has 0 atom stereocenters. The first-order valence-corrected chi connectivity index (χ1v) is 7.18. The van der Waals surface area contributed by atoms with Gasteiger partial charge < -0.3 is 10.6 Å². The van der Waals surface area contributed by atoms with Crippen LogP contribution in [0.1, 0.15) is 16.3 Å². The van der Waals surface area contributed by atoms with E-state index in [0.29, 0.717) is 13.0 Å². The van der Waals surface area contributed by atoms with Crippen molar-refractivity contribution in [1.82, 2.24) is 9.97 Å². The van der Waals surface area contributed by atoms with Gasteiger partial charge in [-0.3, -0.25) is 0 Å². The summed E-state index contributed by atoms with van der Waals surface area (Å²) in [6.45, 7) is 9.38. The number of thiophene rings is 1. The van der Waals surface area contributed by atoms with Crippen molar-refractivity contribution < 1.29 is 0 Å². The molecule has 5 heteroatoms. The highest BCUT2D eigenvalue weighted by molar-refractivity contribution is 7.18. The van der Waals surface area contributed by atoms with Crippen LogP contribution in [0.5, 0.6) is 0 Å². The number of hydrogen-bond acceptors (Lipinski definition) is 5. The van der Waals surface area contributed by atoms with Crippen LogP contribution in [-0.2, 0) is 6.42 Å². The van der Waals surface area contributed by atoms with E-state index in [0.717, 1.165) is 28.4 Å². The summed E-state index contributed by atoms with van der Waals surface area (Å²) in [5, 5.41) is 1.16. The van der Waals surface area contributed by atoms with Crippen LogP contribution in [-0.4, -0.2) is 30.1 Å². The molecule has 0 radical (unpaired) electrons. The molecule has 0 saturated carbocycles. The van der Waals surface area contributed by atoms with E-state index in [2.05, 4.69) is 35.3 Å². The quantitative estimate of drug-likeness (QED) is 0.852. The molecular formula is C14H20N4S. The van der Waals surface area contributed by atoms with Crippen molar-refractivity contribution in [2.24, 2.45) is 5.73 Å². The average Bonchev–Trinajstić information content (AvgIpc) is 2.65. The zero-order chi connectivity index (χ0) is 14.0. The fourth-order valence-electron chi connectivity index (χ4n) is 2.07. The molecule has 0 unspecified atom stereocenters. The highest BCUT2D eigenvalue weighted by Crippen LogP contribution is 2.34. The van der Waals surface area contributed by atoms with E-state index >= 15 is 0 Å². The Kier molecular flexibility index (Phi) is 4.17. The van der Waals surface area contributed by atoms with Gasteiger partial charge in [0.1, 0.15) is 16.5 Å². The Balaban J connectivity index is 2.65. The van der Waals surface area contributed by atoms with Crippen molar-refractivity contribution in [3.8, 4) is 0 Å². The van der Waals surface area contributed by atoms with Crippen molar-refractivity contribution in [3.63, 3.8) is 0 Å². The third kappa shape index (κ3) is 2.62. The topological polar surface area (TPSA) is 55.0 Å². The number of likely N-dealkylation sites (N-methyl/N-ethyl adjacent to an activating group) is 1. The molecule has 2 rings (SSSR count). The maximum absolute atomic E-state index is 5.62. The van der Waals surface area contributed by atoms with Crippen LogP contribution in [0.15, 0.2) is 12.7 Å². The highest BCUT2D eigenvalue weighted by Gasteiger charge is 2.16. The minimum absolute atomic E-state index is 0.569. The Hall–Kier alpha value is -1.46. The number of nitrogens with zero attached hydrogens (tertiary/aromatic N) is 3. The van der Waals surface area contributed by atoms with Gasteiger partial charge >= 0.3 is 0 Å². The van der Waals surface area contributed by atoms with Crippen LogP contribution < -0.4 is 10.6 Å². The summed E-state index contributed by atoms with van der Waals surface area (Å²) >= 11 is 1.72. The number of anilines is 1. The van der Waals surface area contributed by atoms with Crippen molar-refractivity contribution in [2.45, 2.75) is 20.3 Å². The molecule has 2 aromatic heterocycles. The summed E-state index contributed by atoms with van der Waals surface area (Å²) in [7, 11) is 2.03. The molecule has 0 saturated heterocycles. The summed E-state index contributed by atoms with van der Waals surface area (Å²) in [6, 6.07) is 0. The second kappa shape index (κ2) is 5.67. The standard InChI is InChI=1S/C14H20N4S/c1-5-8-18(4)13-12-9(2)10(3)19-14(12)17-11(16-13)6-7-15/h5H,1,6-8,15H2,2-4H3. The lowest BCUT2D eigenvalue weighted by Gasteiger charge is -2.18. The predicted octanol–water partition coefficient (Wildman–Crippen LogP) is 2.43. The van der Waals surface area contributed by atoms with Gasteiger partial charge in [0.05, 0.1) is 5.39 Å². The van der Waals surface area contributed by atoms with Crippen molar-refractivity contribution in [2.75, 3.05) is 25.0 Å². The van der Waals surface area contributed by atoms with E-state index in [-0.39, 0.29) is 0 Å². The largest absolute Gasteiger partial charge is 0.355 e. The van der Waals surface area contributed by atoms with Gasteiger partial charge in [-0.2, -0.15) is 0 Å². The molecule has 0 aliphatic carbocycles. The summed E-state index contributed by atoms with van der Waals surface area (Å²) in [5.74, 6) is 1.80. The predicted molar refractivity (Wildman–Crippen MR) is 83.1 cm³/mol. The zero-order valence-corrected chi connectivity index (χ0v) is 12.5. The lowest BCUT2D eigenvalue weighted by molar-refractivity contribution is 0.866. The second-order valence-electron chi connectivity index (χ2n) is 4.63. The molecule has 0 bridgehead atoms. The van der Waals surface area contributed by atoms with Gasteiger partial charge in [0.2, 0.25) is 0 Å². The van der Waals surface area contributed by atoms with Crippen LogP contribution in [0.2, 0.25) is 0 Å². The number of nitrogens with two attached hydrogens (primary N) is 1. The van der Waals surface area contributed by atoms with Crippen LogP contribution in [0.3, 0.4) is 0 Å². The summed E-state index contributed by atoms with van der Waals surface area (Å²) < 4.78 is 0. The smallest absolute Gasteiger partial charge is 0.141 e. The summed E-state index contributed by atoms with van der Waals surface area (Å²) in [5.41, 5.74) is 6.89. The van der Waals surface area contributed by atoms with Gasteiger partial charge in [-0.1, -0.05) is 6.08 Å². The molecule has 0 aliphatic heterocycles. The highest BCUT2D eigenvalue weighted by atomic mass is 32.1. The van der Waals surface area contributed by atoms with Crippen molar-refractivity contribution in [1.29, 1.82) is 0 Å². The number of aromatic nitrogens is 2. The van der Waals surface area contributed by atoms with Gasteiger partial charge in [-0.15, -0.1) is 17.9 Å². The van der Waals surface area contributed by atoms with Crippen molar-refractivity contribution in [3.05, 3.63) is 28.9 Å². The molecule has 102 valence electrons. The van der Waals surface area contributed by atoms with Gasteiger partial charge in [-0.25, -0.2) is 9.97 Å². The third-order valence-corrected chi connectivity index (χ3v) is 4.29. The van der Waals surface area contributed by atoms with E-state index < -0.39 is 0 Å². The fourth-order valence-corrected chi connectivity index (χ4v) is 3.11. The Bertz CT molecular complexity index is 603. The number of aryl methyl sites for hydroxylation is 2. The molecule has 0 aromatic carbocycles. The molecule has 2 N–H and O–H groups in total. The molecule has 0 amide bonds. The van der Waals surface area contributed by atoms with E-state index in [4.69, 9.17) is 5.73 Å². The van der Waals surface area contributed by atoms with Crippen molar-refractivity contribution >= 4 is 27.4 Å². The molecule has 4 nitrogen and oxygen atoms in total.